The van der Waals surface area contributed by atoms with Crippen LogP contribution in [0.3, 0.4) is 0 Å². The number of thioether (sulfide) groups is 1. The van der Waals surface area contributed by atoms with Crippen molar-refractivity contribution in [3.8, 4) is 5.75 Å². The second-order valence-electron chi connectivity index (χ2n) is 9.38. The van der Waals surface area contributed by atoms with E-state index in [2.05, 4.69) is 4.90 Å². The Labute approximate surface area is 196 Å². The van der Waals surface area contributed by atoms with Crippen molar-refractivity contribution in [2.75, 3.05) is 65.4 Å². The molecular formula is C24H36N4O3S. The third-order valence-corrected chi connectivity index (χ3v) is 8.37. The first-order chi connectivity index (χ1) is 15.4. The molecule has 0 saturated carbocycles. The lowest BCUT2D eigenvalue weighted by molar-refractivity contribution is -0.136. The topological polar surface area (TPSA) is 56.3 Å². The highest BCUT2D eigenvalue weighted by atomic mass is 32.2. The van der Waals surface area contributed by atoms with Crippen LogP contribution in [0.2, 0.25) is 0 Å². The van der Waals surface area contributed by atoms with Crippen molar-refractivity contribution in [1.82, 2.24) is 19.6 Å². The summed E-state index contributed by atoms with van der Waals surface area (Å²) in [5.41, 5.74) is 0.464. The van der Waals surface area contributed by atoms with E-state index < -0.39 is 5.54 Å². The molecule has 1 atom stereocenters. The standard InChI is InChI=1S/C24H36N4O3S/c1-25(2)15-16-27-22(29)24(10-13-26(14-11-24)20-9-17-32-18-20)28(23(27)30)12-8-19-4-6-21(31-3)7-5-19/h4-7,20H,8-18H2,1-3H3/t20-/m0/s1. The number of imide groups is 1. The molecule has 0 radical (unpaired) electrons. The Morgan fingerprint density at radius 2 is 1.84 bits per heavy atom. The molecule has 3 fully saturated rings. The number of piperidine rings is 1. The zero-order valence-corrected chi connectivity index (χ0v) is 20.4. The molecule has 0 aliphatic carbocycles. The molecule has 176 valence electrons. The third-order valence-electron chi connectivity index (χ3n) is 7.22. The van der Waals surface area contributed by atoms with E-state index >= 15 is 0 Å². The van der Waals surface area contributed by atoms with Gasteiger partial charge in [-0.25, -0.2) is 4.79 Å². The quantitative estimate of drug-likeness (QED) is 0.556. The van der Waals surface area contributed by atoms with Gasteiger partial charge in [-0.05, 0) is 63.2 Å². The van der Waals surface area contributed by atoms with Gasteiger partial charge in [0.25, 0.3) is 5.91 Å². The van der Waals surface area contributed by atoms with Crippen LogP contribution in [0.15, 0.2) is 24.3 Å². The number of likely N-dealkylation sites (N-methyl/N-ethyl adjacent to an activating group) is 1. The van der Waals surface area contributed by atoms with Crippen LogP contribution in [0, 0.1) is 0 Å². The van der Waals surface area contributed by atoms with E-state index in [1.807, 2.05) is 59.9 Å². The molecule has 1 aromatic carbocycles. The Balaban J connectivity index is 1.50. The SMILES string of the molecule is COc1ccc(CCN2C(=O)N(CCN(C)C)C(=O)C23CCN([C@H]2CCSC2)CC3)cc1. The van der Waals surface area contributed by atoms with Gasteiger partial charge in [0.1, 0.15) is 11.3 Å². The summed E-state index contributed by atoms with van der Waals surface area (Å²) in [4.78, 5) is 35.1. The Kier molecular flexibility index (Phi) is 7.32. The van der Waals surface area contributed by atoms with Gasteiger partial charge in [-0.15, -0.1) is 0 Å². The number of nitrogens with zero attached hydrogens (tertiary/aromatic N) is 4. The maximum atomic E-state index is 13.6. The molecule has 0 N–H and O–H groups in total. The van der Waals surface area contributed by atoms with Crippen LogP contribution >= 0.6 is 11.8 Å². The Hall–Kier alpha value is -1.77. The van der Waals surface area contributed by atoms with Gasteiger partial charge in [0.05, 0.1) is 7.11 Å². The van der Waals surface area contributed by atoms with E-state index in [1.54, 1.807) is 7.11 Å². The smallest absolute Gasteiger partial charge is 0.327 e. The molecule has 1 spiro atoms. The van der Waals surface area contributed by atoms with Gasteiger partial charge in [-0.2, -0.15) is 11.8 Å². The van der Waals surface area contributed by atoms with Gasteiger partial charge in [0, 0.05) is 44.5 Å². The summed E-state index contributed by atoms with van der Waals surface area (Å²) < 4.78 is 5.25. The molecule has 3 aliphatic heterocycles. The van der Waals surface area contributed by atoms with Gasteiger partial charge in [0.2, 0.25) is 0 Å². The van der Waals surface area contributed by atoms with E-state index in [4.69, 9.17) is 4.74 Å². The van der Waals surface area contributed by atoms with E-state index in [9.17, 15) is 9.59 Å². The minimum absolute atomic E-state index is 0.0135. The molecule has 1 aromatic rings. The zero-order valence-electron chi connectivity index (χ0n) is 19.6. The van der Waals surface area contributed by atoms with Crippen molar-refractivity contribution in [3.05, 3.63) is 29.8 Å². The van der Waals surface area contributed by atoms with Crippen LogP contribution in [0.25, 0.3) is 0 Å². The van der Waals surface area contributed by atoms with Crippen molar-refractivity contribution in [2.24, 2.45) is 0 Å². The third kappa shape index (κ3) is 4.63. The number of methoxy groups -OCH3 is 1. The molecule has 32 heavy (non-hydrogen) atoms. The molecule has 3 amide bonds. The maximum Gasteiger partial charge on any atom is 0.327 e. The van der Waals surface area contributed by atoms with Crippen molar-refractivity contribution in [2.45, 2.75) is 37.3 Å². The van der Waals surface area contributed by atoms with Gasteiger partial charge in [-0.1, -0.05) is 12.1 Å². The minimum atomic E-state index is -0.682. The summed E-state index contributed by atoms with van der Waals surface area (Å²) in [7, 11) is 5.60. The summed E-state index contributed by atoms with van der Waals surface area (Å²) in [5, 5.41) is 0. The van der Waals surface area contributed by atoms with Gasteiger partial charge >= 0.3 is 6.03 Å². The first-order valence-corrected chi connectivity index (χ1v) is 12.8. The van der Waals surface area contributed by atoms with Crippen LogP contribution in [-0.4, -0.2) is 109 Å². The average Bonchev–Trinajstić information content (AvgIpc) is 3.40. The van der Waals surface area contributed by atoms with Gasteiger partial charge in [-0.3, -0.25) is 14.6 Å². The van der Waals surface area contributed by atoms with Crippen molar-refractivity contribution < 1.29 is 14.3 Å². The Morgan fingerprint density at radius 1 is 1.12 bits per heavy atom. The van der Waals surface area contributed by atoms with Crippen LogP contribution in [0.1, 0.15) is 24.8 Å². The van der Waals surface area contributed by atoms with Crippen LogP contribution in [0.4, 0.5) is 4.79 Å². The first kappa shape index (κ1) is 23.4. The lowest BCUT2D eigenvalue weighted by Crippen LogP contribution is -2.58. The molecule has 0 bridgehead atoms. The predicted octanol–water partition coefficient (Wildman–Crippen LogP) is 2.40. The van der Waals surface area contributed by atoms with Gasteiger partial charge < -0.3 is 14.5 Å². The number of carbonyl (C=O) groups excluding carboxylic acids is 2. The van der Waals surface area contributed by atoms with E-state index in [1.165, 1.54) is 22.8 Å². The highest BCUT2D eigenvalue weighted by Gasteiger charge is 2.57. The van der Waals surface area contributed by atoms with E-state index in [0.29, 0.717) is 25.7 Å². The monoisotopic (exact) mass is 460 g/mol. The number of carbonyl (C=O) groups is 2. The lowest BCUT2D eigenvalue weighted by Gasteiger charge is -2.44. The summed E-state index contributed by atoms with van der Waals surface area (Å²) in [5.74, 6) is 3.26. The lowest BCUT2D eigenvalue weighted by atomic mass is 9.85. The summed E-state index contributed by atoms with van der Waals surface area (Å²) in [6.45, 7) is 3.49. The fourth-order valence-electron chi connectivity index (χ4n) is 5.18. The number of hydrogen-bond donors (Lipinski definition) is 0. The highest BCUT2D eigenvalue weighted by molar-refractivity contribution is 7.99. The molecule has 8 heteroatoms. The van der Waals surface area contributed by atoms with Crippen molar-refractivity contribution >= 4 is 23.7 Å². The van der Waals surface area contributed by atoms with Gasteiger partial charge in [0.15, 0.2) is 0 Å². The molecule has 3 saturated heterocycles. The Morgan fingerprint density at radius 3 is 2.44 bits per heavy atom. The summed E-state index contributed by atoms with van der Waals surface area (Å²) >= 11 is 2.02. The zero-order chi connectivity index (χ0) is 22.7. The predicted molar refractivity (Wildman–Crippen MR) is 128 cm³/mol. The fourth-order valence-corrected chi connectivity index (χ4v) is 6.43. The largest absolute Gasteiger partial charge is 0.497 e. The molecule has 7 nitrogen and oxygen atoms in total. The Bertz CT molecular complexity index is 802. The molecule has 0 aromatic heterocycles. The summed E-state index contributed by atoms with van der Waals surface area (Å²) in [6, 6.07) is 8.49. The van der Waals surface area contributed by atoms with E-state index in [0.717, 1.165) is 43.7 Å². The second kappa shape index (κ2) is 10.0. The molecule has 3 heterocycles. The van der Waals surface area contributed by atoms with E-state index in [-0.39, 0.29) is 11.9 Å². The number of rotatable bonds is 8. The average molecular weight is 461 g/mol. The van der Waals surface area contributed by atoms with Crippen LogP contribution < -0.4 is 4.74 Å². The van der Waals surface area contributed by atoms with Crippen LogP contribution in [-0.2, 0) is 11.2 Å². The maximum absolute atomic E-state index is 13.6. The number of benzene rings is 1. The summed E-state index contributed by atoms with van der Waals surface area (Å²) in [6.07, 6.45) is 3.44. The second-order valence-corrected chi connectivity index (χ2v) is 10.5. The number of ether oxygens (including phenoxy) is 1. The minimum Gasteiger partial charge on any atom is -0.497 e. The molecule has 4 rings (SSSR count). The number of hydrogen-bond acceptors (Lipinski definition) is 6. The molecule has 3 aliphatic rings. The first-order valence-electron chi connectivity index (χ1n) is 11.7. The normalized spacial score (nSPS) is 23.7. The van der Waals surface area contributed by atoms with Crippen molar-refractivity contribution in [1.29, 1.82) is 0 Å². The number of likely N-dealkylation sites (tertiary alicyclic amines) is 1. The number of urea groups is 1. The molecular weight excluding hydrogens is 424 g/mol. The van der Waals surface area contributed by atoms with Crippen LogP contribution in [0.5, 0.6) is 5.75 Å². The highest BCUT2D eigenvalue weighted by Crippen LogP contribution is 2.39. The fraction of sp³-hybridized carbons (Fsp3) is 0.667. The van der Waals surface area contributed by atoms with Crippen molar-refractivity contribution in [3.63, 3.8) is 0 Å². The molecule has 0 unspecified atom stereocenters. The number of amides is 3.